The van der Waals surface area contributed by atoms with Crippen molar-refractivity contribution in [1.82, 2.24) is 0 Å². The van der Waals surface area contributed by atoms with E-state index in [1.807, 2.05) is 0 Å². The third-order valence-electron chi connectivity index (χ3n) is 1.76. The van der Waals surface area contributed by atoms with E-state index in [1.165, 1.54) is 0 Å². The summed E-state index contributed by atoms with van der Waals surface area (Å²) in [5.41, 5.74) is -3.72. The minimum atomic E-state index is -4.58. The van der Waals surface area contributed by atoms with Gasteiger partial charge in [0.25, 0.3) is 4.59 Å². The largest absolute Gasteiger partial charge is 0.359 e. The van der Waals surface area contributed by atoms with Crippen molar-refractivity contribution < 1.29 is 26.7 Å². The molecule has 0 aromatic heterocycles. The lowest BCUT2D eigenvalue weighted by Gasteiger charge is -2.50. The highest BCUT2D eigenvalue weighted by atomic mass is 35.5. The number of rotatable bonds is 2. The Bertz CT molecular complexity index is 223. The van der Waals surface area contributed by atoms with E-state index < -0.39 is 28.1 Å². The molecular weight excluding hydrogens is 277 g/mol. The highest BCUT2D eigenvalue weighted by Gasteiger charge is 2.80. The first kappa shape index (κ1) is 12.5. The van der Waals surface area contributed by atoms with Gasteiger partial charge in [-0.15, -0.1) is 0 Å². The molecule has 1 aliphatic rings. The van der Waals surface area contributed by atoms with Crippen molar-refractivity contribution >= 4 is 34.8 Å². The Hall–Kier alpha value is 0.480. The van der Waals surface area contributed by atoms with Gasteiger partial charge in [-0.2, -0.15) is 8.78 Å². The smallest absolute Gasteiger partial charge is 0.322 e. The lowest BCUT2D eigenvalue weighted by molar-refractivity contribution is -0.372. The monoisotopic (exact) mass is 278 g/mol. The standard InChI is InChI=1S/C5H2Cl3F5O/c6-4(7,11)3(5(8,12)13)1(9)2(10)14-3/h1-2H/t1-,2-,3-/m0/s1. The number of halogens is 8. The second-order valence-electron chi connectivity index (χ2n) is 2.60. The van der Waals surface area contributed by atoms with Gasteiger partial charge in [-0.05, 0) is 11.6 Å². The van der Waals surface area contributed by atoms with Gasteiger partial charge in [-0.3, -0.25) is 0 Å². The van der Waals surface area contributed by atoms with Gasteiger partial charge in [0.1, 0.15) is 0 Å². The minimum absolute atomic E-state index is 2.73. The Morgan fingerprint density at radius 1 is 1.07 bits per heavy atom. The van der Waals surface area contributed by atoms with Crippen LogP contribution in [0.15, 0.2) is 0 Å². The molecule has 9 heteroatoms. The minimum Gasteiger partial charge on any atom is -0.322 e. The Labute approximate surface area is 90.0 Å². The maximum Gasteiger partial charge on any atom is 0.359 e. The molecule has 1 fully saturated rings. The van der Waals surface area contributed by atoms with Crippen molar-refractivity contribution in [1.29, 1.82) is 0 Å². The number of hydrogen-bond acceptors (Lipinski definition) is 1. The molecule has 0 bridgehead atoms. The van der Waals surface area contributed by atoms with E-state index in [0.717, 1.165) is 0 Å². The summed E-state index contributed by atoms with van der Waals surface area (Å²) >= 11 is 13.6. The Morgan fingerprint density at radius 2 is 1.50 bits per heavy atom. The van der Waals surface area contributed by atoms with Crippen LogP contribution in [0.4, 0.5) is 22.0 Å². The fourth-order valence-electron chi connectivity index (χ4n) is 1.02. The molecule has 84 valence electrons. The lowest BCUT2D eigenvalue weighted by atomic mass is 9.92. The van der Waals surface area contributed by atoms with E-state index in [1.54, 1.807) is 0 Å². The van der Waals surface area contributed by atoms with Gasteiger partial charge in [0, 0.05) is 0 Å². The first-order chi connectivity index (χ1) is 6.04. The van der Waals surface area contributed by atoms with Gasteiger partial charge < -0.3 is 4.74 Å². The lowest BCUT2D eigenvalue weighted by Crippen LogP contribution is -2.74. The third-order valence-corrected chi connectivity index (χ3v) is 2.60. The highest BCUT2D eigenvalue weighted by molar-refractivity contribution is 6.48. The van der Waals surface area contributed by atoms with Gasteiger partial charge in [0.05, 0.1) is 0 Å². The summed E-state index contributed by atoms with van der Waals surface area (Å²) in [7, 11) is 0. The molecule has 0 spiro atoms. The summed E-state index contributed by atoms with van der Waals surface area (Å²) in [6, 6.07) is 0. The zero-order valence-electron chi connectivity index (χ0n) is 6.09. The summed E-state index contributed by atoms with van der Waals surface area (Å²) < 4.78 is 62.7. The zero-order chi connectivity index (χ0) is 11.4. The van der Waals surface area contributed by atoms with Crippen molar-refractivity contribution in [2.45, 2.75) is 28.1 Å². The summed E-state index contributed by atoms with van der Waals surface area (Å²) in [6.07, 6.45) is -5.78. The highest BCUT2D eigenvalue weighted by Crippen LogP contribution is 2.59. The van der Waals surface area contributed by atoms with Crippen LogP contribution in [0.2, 0.25) is 0 Å². The average molecular weight is 279 g/mol. The molecule has 1 saturated heterocycles. The third kappa shape index (κ3) is 1.47. The van der Waals surface area contributed by atoms with Crippen LogP contribution in [0.3, 0.4) is 0 Å². The van der Waals surface area contributed by atoms with E-state index in [-0.39, 0.29) is 0 Å². The fourth-order valence-corrected chi connectivity index (χ4v) is 1.93. The van der Waals surface area contributed by atoms with Crippen LogP contribution < -0.4 is 0 Å². The van der Waals surface area contributed by atoms with Crippen molar-refractivity contribution in [3.63, 3.8) is 0 Å². The van der Waals surface area contributed by atoms with E-state index in [9.17, 15) is 22.0 Å². The van der Waals surface area contributed by atoms with Gasteiger partial charge in [0.15, 0.2) is 6.17 Å². The predicted molar refractivity (Wildman–Crippen MR) is 40.0 cm³/mol. The summed E-state index contributed by atoms with van der Waals surface area (Å²) in [4.78, 5) is 0. The summed E-state index contributed by atoms with van der Waals surface area (Å²) in [6.45, 7) is 0. The topological polar surface area (TPSA) is 9.23 Å². The molecule has 14 heavy (non-hydrogen) atoms. The molecule has 0 N–H and O–H groups in total. The number of ether oxygens (including phenoxy) is 1. The van der Waals surface area contributed by atoms with Crippen LogP contribution in [0.1, 0.15) is 0 Å². The predicted octanol–water partition coefficient (Wildman–Crippen LogP) is 3.32. The average Bonchev–Trinajstić information content (AvgIpc) is 1.93. The van der Waals surface area contributed by atoms with Gasteiger partial charge in [-0.25, -0.2) is 13.2 Å². The molecule has 1 heterocycles. The van der Waals surface area contributed by atoms with Crippen LogP contribution in [0.5, 0.6) is 0 Å². The maximum absolute atomic E-state index is 12.8. The van der Waals surface area contributed by atoms with Gasteiger partial charge in [-0.1, -0.05) is 23.2 Å². The molecule has 0 aromatic rings. The molecular formula is C5H2Cl3F5O. The molecule has 3 atom stereocenters. The van der Waals surface area contributed by atoms with Crippen LogP contribution in [0, 0.1) is 0 Å². The first-order valence-electron chi connectivity index (χ1n) is 3.13. The SMILES string of the molecule is F[C@H]1O[C@](C(F)(F)Cl)(C(F)(Cl)Cl)[C@H]1F. The Kier molecular flexibility index (Phi) is 2.90. The van der Waals surface area contributed by atoms with Crippen LogP contribution in [-0.2, 0) is 4.74 Å². The van der Waals surface area contributed by atoms with Crippen LogP contribution in [0.25, 0.3) is 0 Å². The second-order valence-corrected chi connectivity index (χ2v) is 4.31. The van der Waals surface area contributed by atoms with Crippen molar-refractivity contribution in [3.8, 4) is 0 Å². The fraction of sp³-hybridized carbons (Fsp3) is 1.00. The maximum atomic E-state index is 12.8. The molecule has 0 saturated carbocycles. The molecule has 0 amide bonds. The molecule has 0 aliphatic carbocycles. The van der Waals surface area contributed by atoms with Crippen molar-refractivity contribution in [2.75, 3.05) is 0 Å². The quantitative estimate of drug-likeness (QED) is 0.556. The van der Waals surface area contributed by atoms with Gasteiger partial charge in [0.2, 0.25) is 12.0 Å². The Morgan fingerprint density at radius 3 is 1.57 bits per heavy atom. The van der Waals surface area contributed by atoms with E-state index in [2.05, 4.69) is 39.5 Å². The van der Waals surface area contributed by atoms with Crippen molar-refractivity contribution in [3.05, 3.63) is 0 Å². The van der Waals surface area contributed by atoms with E-state index in [4.69, 9.17) is 0 Å². The summed E-state index contributed by atoms with van der Waals surface area (Å²) in [5, 5.41) is -4.58. The summed E-state index contributed by atoms with van der Waals surface area (Å²) in [5.74, 6) is 0. The van der Waals surface area contributed by atoms with E-state index >= 15 is 0 Å². The zero-order valence-corrected chi connectivity index (χ0v) is 8.35. The first-order valence-corrected chi connectivity index (χ1v) is 4.27. The van der Waals surface area contributed by atoms with Crippen LogP contribution in [-0.4, -0.2) is 28.1 Å². The van der Waals surface area contributed by atoms with Crippen LogP contribution >= 0.6 is 34.8 Å². The number of hydrogen-bond donors (Lipinski definition) is 0. The van der Waals surface area contributed by atoms with Gasteiger partial charge >= 0.3 is 5.38 Å². The molecule has 0 unspecified atom stereocenters. The Balaban J connectivity index is 3.08. The number of alkyl halides is 8. The second kappa shape index (κ2) is 3.23. The van der Waals surface area contributed by atoms with E-state index in [0.29, 0.717) is 0 Å². The molecule has 0 radical (unpaired) electrons. The molecule has 1 nitrogen and oxygen atoms in total. The van der Waals surface area contributed by atoms with Crippen molar-refractivity contribution in [2.24, 2.45) is 0 Å². The molecule has 1 aliphatic heterocycles. The normalized spacial score (nSPS) is 39.4. The molecule has 1 rings (SSSR count). The molecule has 0 aromatic carbocycles.